The number of thioether (sulfide) groups is 2. The number of benzene rings is 1. The molecule has 2 aliphatic rings. The fourth-order valence-corrected chi connectivity index (χ4v) is 4.63. The van der Waals surface area contributed by atoms with E-state index >= 15 is 0 Å². The minimum Gasteiger partial charge on any atom is -0.479 e. The van der Waals surface area contributed by atoms with Crippen molar-refractivity contribution in [2.45, 2.75) is 22.7 Å². The van der Waals surface area contributed by atoms with Crippen molar-refractivity contribution in [2.75, 3.05) is 5.75 Å². The Balaban J connectivity index is 1.68. The second-order valence-corrected chi connectivity index (χ2v) is 6.89. The van der Waals surface area contributed by atoms with Crippen LogP contribution in [0.2, 0.25) is 0 Å². The van der Waals surface area contributed by atoms with Gasteiger partial charge in [0.15, 0.2) is 6.04 Å². The van der Waals surface area contributed by atoms with Crippen molar-refractivity contribution in [1.29, 1.82) is 0 Å². The van der Waals surface area contributed by atoms with Crippen LogP contribution in [0.4, 0.5) is 0 Å². The van der Waals surface area contributed by atoms with Gasteiger partial charge in [-0.05, 0) is 12.1 Å². The van der Waals surface area contributed by atoms with Crippen LogP contribution in [-0.4, -0.2) is 39.1 Å². The Kier molecular flexibility index (Phi) is 3.76. The number of carbonyl (C=O) groups excluding carboxylic acids is 1. The maximum absolute atomic E-state index is 11.5. The summed E-state index contributed by atoms with van der Waals surface area (Å²) in [5.41, 5.74) is 0. The van der Waals surface area contributed by atoms with Gasteiger partial charge in [0.05, 0.1) is 11.8 Å². The largest absolute Gasteiger partial charge is 0.479 e. The lowest BCUT2D eigenvalue weighted by Crippen LogP contribution is -2.53. The SMILES string of the molecule is O=C(O)C1C(=CCSc2ccccc2)S[C@@H]2CC(=O)N12. The summed E-state index contributed by atoms with van der Waals surface area (Å²) in [6, 6.07) is 9.19. The zero-order valence-electron chi connectivity index (χ0n) is 10.6. The smallest absolute Gasteiger partial charge is 0.331 e. The first-order chi connectivity index (χ1) is 9.66. The van der Waals surface area contributed by atoms with Gasteiger partial charge in [0.1, 0.15) is 0 Å². The molecule has 0 spiro atoms. The maximum Gasteiger partial charge on any atom is 0.331 e. The first kappa shape index (κ1) is 13.6. The zero-order valence-corrected chi connectivity index (χ0v) is 12.2. The Bertz CT molecular complexity index is 573. The molecule has 1 amide bonds. The molecule has 0 radical (unpaired) electrons. The summed E-state index contributed by atoms with van der Waals surface area (Å²) in [7, 11) is 0. The van der Waals surface area contributed by atoms with Crippen molar-refractivity contribution in [3.8, 4) is 0 Å². The first-order valence-corrected chi connectivity index (χ1v) is 8.12. The van der Waals surface area contributed by atoms with Gasteiger partial charge in [-0.2, -0.15) is 0 Å². The van der Waals surface area contributed by atoms with Crippen molar-refractivity contribution in [1.82, 2.24) is 4.90 Å². The van der Waals surface area contributed by atoms with Gasteiger partial charge >= 0.3 is 5.97 Å². The number of hydrogen-bond donors (Lipinski definition) is 1. The monoisotopic (exact) mass is 307 g/mol. The summed E-state index contributed by atoms with van der Waals surface area (Å²) in [4.78, 5) is 26.2. The third-order valence-electron chi connectivity index (χ3n) is 3.28. The number of carboxylic acid groups (broad SMARTS) is 1. The topological polar surface area (TPSA) is 57.6 Å². The van der Waals surface area contributed by atoms with E-state index in [1.54, 1.807) is 11.8 Å². The Morgan fingerprint density at radius 3 is 2.85 bits per heavy atom. The fraction of sp³-hybridized carbons (Fsp3) is 0.286. The molecule has 0 saturated carbocycles. The normalized spacial score (nSPS) is 26.5. The van der Waals surface area contributed by atoms with Gasteiger partial charge in [0.25, 0.3) is 0 Å². The summed E-state index contributed by atoms with van der Waals surface area (Å²) >= 11 is 3.17. The predicted molar refractivity (Wildman–Crippen MR) is 79.5 cm³/mol. The molecular formula is C14H13NO3S2. The number of aliphatic carboxylic acids is 1. The van der Waals surface area contributed by atoms with Crippen molar-refractivity contribution in [3.05, 3.63) is 41.3 Å². The molecule has 20 heavy (non-hydrogen) atoms. The molecule has 2 saturated heterocycles. The molecule has 2 fully saturated rings. The molecule has 3 rings (SSSR count). The maximum atomic E-state index is 11.5. The van der Waals surface area contributed by atoms with Crippen molar-refractivity contribution >= 4 is 35.4 Å². The second-order valence-electron chi connectivity index (χ2n) is 4.55. The van der Waals surface area contributed by atoms with E-state index in [1.807, 2.05) is 36.4 Å². The van der Waals surface area contributed by atoms with Crippen LogP contribution in [0.5, 0.6) is 0 Å². The molecule has 0 bridgehead atoms. The van der Waals surface area contributed by atoms with Crippen molar-refractivity contribution in [2.24, 2.45) is 0 Å². The fourth-order valence-electron chi connectivity index (χ4n) is 2.31. The van der Waals surface area contributed by atoms with Crippen LogP contribution >= 0.6 is 23.5 Å². The lowest BCUT2D eigenvalue weighted by molar-refractivity contribution is -0.154. The standard InChI is InChI=1S/C14H13NO3S2/c16-11-8-12-15(11)13(14(17)18)10(20-12)6-7-19-9-4-2-1-3-5-9/h1-6,12-13H,7-8H2,(H,17,18)/t12-,13?/m1/s1. The highest BCUT2D eigenvalue weighted by Crippen LogP contribution is 2.46. The molecule has 1 aromatic rings. The van der Waals surface area contributed by atoms with Crippen molar-refractivity contribution < 1.29 is 14.7 Å². The Labute approximate surface area is 125 Å². The van der Waals surface area contributed by atoms with Gasteiger partial charge in [-0.3, -0.25) is 4.79 Å². The number of β-lactam (4-membered cyclic amide) rings is 1. The molecule has 104 valence electrons. The molecule has 2 aliphatic heterocycles. The van der Waals surface area contributed by atoms with Gasteiger partial charge < -0.3 is 10.0 Å². The van der Waals surface area contributed by atoms with Crippen LogP contribution in [0.3, 0.4) is 0 Å². The summed E-state index contributed by atoms with van der Waals surface area (Å²) in [5, 5.41) is 9.31. The molecule has 2 atom stereocenters. The molecule has 1 N–H and O–H groups in total. The van der Waals surface area contributed by atoms with Gasteiger partial charge in [-0.25, -0.2) is 4.79 Å². The number of carboxylic acids is 1. The van der Waals surface area contributed by atoms with Gasteiger partial charge in [0.2, 0.25) is 5.91 Å². The average Bonchev–Trinajstić information content (AvgIpc) is 2.73. The van der Waals surface area contributed by atoms with Gasteiger partial charge in [-0.1, -0.05) is 24.3 Å². The number of nitrogens with zero attached hydrogens (tertiary/aromatic N) is 1. The molecule has 0 aliphatic carbocycles. The molecular weight excluding hydrogens is 294 g/mol. The van der Waals surface area contributed by atoms with Crippen LogP contribution in [0.1, 0.15) is 6.42 Å². The van der Waals surface area contributed by atoms with E-state index in [2.05, 4.69) is 0 Å². The average molecular weight is 307 g/mol. The van der Waals surface area contributed by atoms with E-state index in [9.17, 15) is 14.7 Å². The predicted octanol–water partition coefficient (Wildman–Crippen LogP) is 2.42. The van der Waals surface area contributed by atoms with Crippen LogP contribution in [0, 0.1) is 0 Å². The highest BCUT2D eigenvalue weighted by atomic mass is 32.2. The third-order valence-corrected chi connectivity index (χ3v) is 5.55. The Hall–Kier alpha value is -1.40. The van der Waals surface area contributed by atoms with Crippen LogP contribution in [0.15, 0.2) is 46.2 Å². The highest BCUT2D eigenvalue weighted by molar-refractivity contribution is 8.04. The zero-order chi connectivity index (χ0) is 14.1. The van der Waals surface area contributed by atoms with E-state index < -0.39 is 12.0 Å². The minimum absolute atomic E-state index is 0.0246. The third kappa shape index (κ3) is 2.45. The number of amides is 1. The first-order valence-electron chi connectivity index (χ1n) is 6.25. The molecule has 4 nitrogen and oxygen atoms in total. The van der Waals surface area contributed by atoms with E-state index in [0.717, 1.165) is 9.80 Å². The molecule has 0 aromatic heterocycles. The minimum atomic E-state index is -0.941. The highest BCUT2D eigenvalue weighted by Gasteiger charge is 2.52. The Morgan fingerprint density at radius 2 is 2.20 bits per heavy atom. The van der Waals surface area contributed by atoms with E-state index in [4.69, 9.17) is 0 Å². The van der Waals surface area contributed by atoms with Crippen LogP contribution in [0.25, 0.3) is 0 Å². The van der Waals surface area contributed by atoms with E-state index in [-0.39, 0.29) is 11.3 Å². The number of fused-ring (bicyclic) bond motifs is 1. The molecule has 1 unspecified atom stereocenters. The Morgan fingerprint density at radius 1 is 1.45 bits per heavy atom. The van der Waals surface area contributed by atoms with Crippen LogP contribution in [-0.2, 0) is 9.59 Å². The molecule has 1 aromatic carbocycles. The van der Waals surface area contributed by atoms with Gasteiger partial charge in [-0.15, -0.1) is 23.5 Å². The number of hydrogen-bond acceptors (Lipinski definition) is 4. The van der Waals surface area contributed by atoms with E-state index in [0.29, 0.717) is 12.2 Å². The summed E-state index contributed by atoms with van der Waals surface area (Å²) < 4.78 is 0. The number of carbonyl (C=O) groups is 2. The van der Waals surface area contributed by atoms with E-state index in [1.165, 1.54) is 16.7 Å². The molecule has 6 heteroatoms. The van der Waals surface area contributed by atoms with Crippen LogP contribution < -0.4 is 0 Å². The van der Waals surface area contributed by atoms with Gasteiger partial charge in [0, 0.05) is 15.6 Å². The molecule has 2 heterocycles. The second kappa shape index (κ2) is 5.54. The lowest BCUT2D eigenvalue weighted by Gasteiger charge is -2.35. The van der Waals surface area contributed by atoms with Crippen molar-refractivity contribution in [3.63, 3.8) is 0 Å². The lowest BCUT2D eigenvalue weighted by atomic mass is 10.1. The summed E-state index contributed by atoms with van der Waals surface area (Å²) in [6.45, 7) is 0. The summed E-state index contributed by atoms with van der Waals surface area (Å²) in [5.74, 6) is -0.289. The number of rotatable bonds is 4. The quantitative estimate of drug-likeness (QED) is 0.684. The summed E-state index contributed by atoms with van der Waals surface area (Å²) in [6.07, 6.45) is 2.39.